The third-order valence-corrected chi connectivity index (χ3v) is 2.79. The monoisotopic (exact) mass is 261 g/mol. The highest BCUT2D eigenvalue weighted by Gasteiger charge is 2.15. The predicted molar refractivity (Wildman–Crippen MR) is 74.4 cm³/mol. The Morgan fingerprint density at radius 2 is 2.11 bits per heavy atom. The van der Waals surface area contributed by atoms with Gasteiger partial charge < -0.3 is 4.74 Å². The first-order chi connectivity index (χ1) is 9.22. The van der Waals surface area contributed by atoms with Gasteiger partial charge >= 0.3 is 0 Å². The number of rotatable bonds is 9. The fraction of sp³-hybridized carbons (Fsp3) is 0.467. The molecule has 0 N–H and O–H groups in total. The molecule has 1 atom stereocenters. The first-order valence-electron chi connectivity index (χ1n) is 6.43. The van der Waals surface area contributed by atoms with Gasteiger partial charge in [0, 0.05) is 11.3 Å². The van der Waals surface area contributed by atoms with Gasteiger partial charge in [-0.15, -0.1) is 12.3 Å². The van der Waals surface area contributed by atoms with E-state index in [1.807, 2.05) is 18.2 Å². The van der Waals surface area contributed by atoms with Crippen molar-refractivity contribution in [2.75, 3.05) is 13.2 Å². The van der Waals surface area contributed by atoms with Crippen LogP contribution < -0.4 is 0 Å². The average molecular weight is 261 g/mol. The fourth-order valence-electron chi connectivity index (χ4n) is 1.86. The molecule has 0 fully saturated rings. The van der Waals surface area contributed by atoms with E-state index < -0.39 is 0 Å². The van der Waals surface area contributed by atoms with Crippen molar-refractivity contribution in [3.63, 3.8) is 0 Å². The second-order valence-electron chi connectivity index (χ2n) is 4.34. The lowest BCUT2D eigenvalue weighted by molar-refractivity contribution is -0.491. The van der Waals surface area contributed by atoms with Crippen LogP contribution in [0.3, 0.4) is 0 Å². The smallest absolute Gasteiger partial charge is 0.229 e. The Morgan fingerprint density at radius 1 is 1.37 bits per heavy atom. The summed E-state index contributed by atoms with van der Waals surface area (Å²) in [6.45, 7) is 0.236. The van der Waals surface area contributed by atoms with Crippen LogP contribution in [0.2, 0.25) is 0 Å². The van der Waals surface area contributed by atoms with E-state index in [1.165, 1.54) is 5.56 Å². The molecule has 1 rings (SSSR count). The number of nitrogens with zero attached hydrogens (tertiary/aromatic N) is 1. The van der Waals surface area contributed by atoms with E-state index in [0.29, 0.717) is 19.4 Å². The van der Waals surface area contributed by atoms with E-state index >= 15 is 0 Å². The molecule has 0 aliphatic carbocycles. The van der Waals surface area contributed by atoms with Crippen LogP contribution >= 0.6 is 0 Å². The zero-order valence-corrected chi connectivity index (χ0v) is 11.0. The Hall–Kier alpha value is -1.86. The maximum absolute atomic E-state index is 10.6. The SMILES string of the molecule is C#CCCO[C@@H](CCCc1ccccc1)C[N+](=O)[O-]. The van der Waals surface area contributed by atoms with Crippen LogP contribution in [0.4, 0.5) is 0 Å². The second-order valence-corrected chi connectivity index (χ2v) is 4.34. The van der Waals surface area contributed by atoms with Crippen molar-refractivity contribution in [3.8, 4) is 12.3 Å². The molecule has 102 valence electrons. The Labute approximate surface area is 113 Å². The van der Waals surface area contributed by atoms with Crippen molar-refractivity contribution in [1.29, 1.82) is 0 Å². The summed E-state index contributed by atoms with van der Waals surface area (Å²) in [6.07, 6.45) is 7.75. The van der Waals surface area contributed by atoms with Crippen molar-refractivity contribution in [2.24, 2.45) is 0 Å². The summed E-state index contributed by atoms with van der Waals surface area (Å²) in [5, 5.41) is 10.6. The zero-order chi connectivity index (χ0) is 13.9. The van der Waals surface area contributed by atoms with Gasteiger partial charge in [0.2, 0.25) is 6.54 Å². The molecule has 0 saturated heterocycles. The largest absolute Gasteiger partial charge is 0.370 e. The third kappa shape index (κ3) is 7.22. The van der Waals surface area contributed by atoms with Crippen molar-refractivity contribution in [1.82, 2.24) is 0 Å². The molecule has 0 aliphatic rings. The first-order valence-corrected chi connectivity index (χ1v) is 6.43. The van der Waals surface area contributed by atoms with Crippen molar-refractivity contribution in [3.05, 3.63) is 46.0 Å². The topological polar surface area (TPSA) is 52.4 Å². The van der Waals surface area contributed by atoms with Gasteiger partial charge in [0.1, 0.15) is 6.10 Å². The predicted octanol–water partition coefficient (Wildman–Crippen LogP) is 2.69. The van der Waals surface area contributed by atoms with Gasteiger partial charge in [-0.2, -0.15) is 0 Å². The molecule has 1 aromatic carbocycles. The lowest BCUT2D eigenvalue weighted by Crippen LogP contribution is -2.24. The summed E-state index contributed by atoms with van der Waals surface area (Å²) in [5.74, 6) is 2.46. The number of hydrogen-bond acceptors (Lipinski definition) is 3. The highest BCUT2D eigenvalue weighted by Crippen LogP contribution is 2.09. The molecule has 0 bridgehead atoms. The Balaban J connectivity index is 2.31. The lowest BCUT2D eigenvalue weighted by Gasteiger charge is -2.13. The van der Waals surface area contributed by atoms with Crippen molar-refractivity contribution in [2.45, 2.75) is 31.8 Å². The van der Waals surface area contributed by atoms with Crippen LogP contribution in [-0.2, 0) is 11.2 Å². The highest BCUT2D eigenvalue weighted by atomic mass is 16.6. The van der Waals surface area contributed by atoms with E-state index in [4.69, 9.17) is 11.2 Å². The fourth-order valence-corrected chi connectivity index (χ4v) is 1.86. The van der Waals surface area contributed by atoms with Crippen LogP contribution in [0, 0.1) is 22.5 Å². The number of ether oxygens (including phenoxy) is 1. The molecule has 1 aromatic rings. The van der Waals surface area contributed by atoms with Crippen molar-refractivity contribution < 1.29 is 9.66 Å². The average Bonchev–Trinajstić information content (AvgIpc) is 2.39. The summed E-state index contributed by atoms with van der Waals surface area (Å²) < 4.78 is 5.45. The summed E-state index contributed by atoms with van der Waals surface area (Å²) in [6, 6.07) is 10.1. The number of hydrogen-bond donors (Lipinski definition) is 0. The Morgan fingerprint density at radius 3 is 2.74 bits per heavy atom. The molecular weight excluding hydrogens is 242 g/mol. The van der Waals surface area contributed by atoms with Gasteiger partial charge in [-0.3, -0.25) is 10.1 Å². The molecule has 0 aromatic heterocycles. The minimum atomic E-state index is -0.341. The molecular formula is C15H19NO3. The standard InChI is InChI=1S/C15H19NO3/c1-2-3-12-19-15(13-16(17)18)11-7-10-14-8-5-4-6-9-14/h1,4-6,8-9,15H,3,7,10-13H2/t15-/m0/s1. The molecule has 0 saturated carbocycles. The summed E-state index contributed by atoms with van der Waals surface area (Å²) >= 11 is 0. The van der Waals surface area contributed by atoms with Gasteiger partial charge in [0.15, 0.2) is 0 Å². The molecule has 0 unspecified atom stereocenters. The molecule has 0 amide bonds. The summed E-state index contributed by atoms with van der Waals surface area (Å²) in [7, 11) is 0. The highest BCUT2D eigenvalue weighted by molar-refractivity contribution is 5.14. The minimum absolute atomic E-state index is 0.153. The number of terminal acetylenes is 1. The quantitative estimate of drug-likeness (QED) is 0.297. The molecule has 4 heteroatoms. The number of aryl methyl sites for hydroxylation is 1. The van der Waals surface area contributed by atoms with Crippen LogP contribution in [0.5, 0.6) is 0 Å². The van der Waals surface area contributed by atoms with Gasteiger partial charge in [0.05, 0.1) is 6.61 Å². The number of nitro groups is 1. The van der Waals surface area contributed by atoms with E-state index in [0.717, 1.165) is 12.8 Å². The molecule has 0 aliphatic heterocycles. The Kier molecular flexibility index (Phi) is 7.30. The summed E-state index contributed by atoms with van der Waals surface area (Å²) in [4.78, 5) is 10.2. The minimum Gasteiger partial charge on any atom is -0.370 e. The molecule has 0 radical (unpaired) electrons. The van der Waals surface area contributed by atoms with Gasteiger partial charge in [-0.05, 0) is 24.8 Å². The first kappa shape index (κ1) is 15.2. The lowest BCUT2D eigenvalue weighted by atomic mass is 10.1. The second kappa shape index (κ2) is 9.12. The van der Waals surface area contributed by atoms with Gasteiger partial charge in [0.25, 0.3) is 0 Å². The van der Waals surface area contributed by atoms with E-state index in [2.05, 4.69) is 18.1 Å². The third-order valence-electron chi connectivity index (χ3n) is 2.79. The number of benzene rings is 1. The summed E-state index contributed by atoms with van der Waals surface area (Å²) in [5.41, 5.74) is 1.24. The molecule has 0 spiro atoms. The van der Waals surface area contributed by atoms with Gasteiger partial charge in [-0.1, -0.05) is 30.3 Å². The van der Waals surface area contributed by atoms with E-state index in [-0.39, 0.29) is 17.6 Å². The zero-order valence-electron chi connectivity index (χ0n) is 11.0. The molecule has 19 heavy (non-hydrogen) atoms. The normalized spacial score (nSPS) is 11.7. The van der Waals surface area contributed by atoms with Crippen LogP contribution in [0.1, 0.15) is 24.8 Å². The van der Waals surface area contributed by atoms with Crippen molar-refractivity contribution >= 4 is 0 Å². The Bertz CT molecular complexity index is 411. The van der Waals surface area contributed by atoms with E-state index in [1.54, 1.807) is 0 Å². The van der Waals surface area contributed by atoms with Crippen LogP contribution in [-0.4, -0.2) is 24.2 Å². The maximum Gasteiger partial charge on any atom is 0.229 e. The van der Waals surface area contributed by atoms with E-state index in [9.17, 15) is 10.1 Å². The maximum atomic E-state index is 10.6. The molecule has 4 nitrogen and oxygen atoms in total. The van der Waals surface area contributed by atoms with Crippen LogP contribution in [0.25, 0.3) is 0 Å². The van der Waals surface area contributed by atoms with Gasteiger partial charge in [-0.25, -0.2) is 0 Å². The van der Waals surface area contributed by atoms with Crippen LogP contribution in [0.15, 0.2) is 30.3 Å². The molecule has 0 heterocycles.